The van der Waals surface area contributed by atoms with Gasteiger partial charge in [0, 0.05) is 32.1 Å². The molecule has 0 bridgehead atoms. The lowest BCUT2D eigenvalue weighted by Gasteiger charge is -2.22. The fourth-order valence-electron chi connectivity index (χ4n) is 3.32. The van der Waals surface area contributed by atoms with Gasteiger partial charge in [-0.05, 0) is 13.3 Å². The van der Waals surface area contributed by atoms with E-state index in [4.69, 9.17) is 5.11 Å². The molecule has 0 spiro atoms. The van der Waals surface area contributed by atoms with Crippen molar-refractivity contribution in [3.05, 3.63) is 28.5 Å². The molecule has 7 nitrogen and oxygen atoms in total. The molecule has 2 heterocycles. The molecule has 0 aromatic carbocycles. The highest BCUT2D eigenvalue weighted by Crippen LogP contribution is 2.36. The molecule has 1 aliphatic carbocycles. The summed E-state index contributed by atoms with van der Waals surface area (Å²) in [6.45, 7) is 2.17. The zero-order chi connectivity index (χ0) is 16.2. The number of fused-ring (bicyclic) bond motifs is 3. The number of imidazole rings is 1. The van der Waals surface area contributed by atoms with Crippen LogP contribution < -0.4 is 0 Å². The van der Waals surface area contributed by atoms with Gasteiger partial charge in [-0.1, -0.05) is 0 Å². The number of hydrogen-bond acceptors (Lipinski definition) is 5. The second-order valence-electron chi connectivity index (χ2n) is 5.93. The molecule has 1 aromatic rings. The van der Waals surface area contributed by atoms with Crippen molar-refractivity contribution in [1.29, 1.82) is 0 Å². The summed E-state index contributed by atoms with van der Waals surface area (Å²) >= 11 is 0. The normalized spacial score (nSPS) is 20.2. The van der Waals surface area contributed by atoms with Crippen LogP contribution in [0.3, 0.4) is 0 Å². The fraction of sp³-hybridized carbons (Fsp3) is 0.467. The van der Waals surface area contributed by atoms with Crippen molar-refractivity contribution >= 4 is 17.5 Å². The Bertz CT molecular complexity index is 742. The van der Waals surface area contributed by atoms with Gasteiger partial charge >= 0.3 is 5.97 Å². The molecular weight excluding hydrogens is 286 g/mol. The van der Waals surface area contributed by atoms with Crippen LogP contribution in [0.15, 0.2) is 11.3 Å². The first kappa shape index (κ1) is 14.5. The van der Waals surface area contributed by atoms with Crippen molar-refractivity contribution in [2.45, 2.75) is 32.2 Å². The molecule has 0 radical (unpaired) electrons. The summed E-state index contributed by atoms with van der Waals surface area (Å²) < 4.78 is 1.72. The number of carboxylic acids is 1. The van der Waals surface area contributed by atoms with E-state index in [9.17, 15) is 14.4 Å². The monoisotopic (exact) mass is 303 g/mol. The summed E-state index contributed by atoms with van der Waals surface area (Å²) in [5, 5.41) is 8.98. The number of likely N-dealkylation sites (N-methyl/N-ethyl adjacent to an activating group) is 1. The van der Waals surface area contributed by atoms with Crippen molar-refractivity contribution in [3.8, 4) is 0 Å². The number of nitrogens with zero attached hydrogens (tertiary/aromatic N) is 3. The van der Waals surface area contributed by atoms with Crippen LogP contribution in [-0.2, 0) is 11.3 Å². The SMILES string of the molecule is CC1=C(N(C)C)C(=O)c2nc3n(c2C1=O)CCC3CC(=O)O. The molecule has 116 valence electrons. The average Bonchev–Trinajstić information content (AvgIpc) is 2.96. The molecule has 22 heavy (non-hydrogen) atoms. The predicted molar refractivity (Wildman–Crippen MR) is 76.9 cm³/mol. The van der Waals surface area contributed by atoms with Crippen LogP contribution in [-0.4, -0.2) is 51.2 Å². The maximum Gasteiger partial charge on any atom is 0.304 e. The molecule has 1 atom stereocenters. The van der Waals surface area contributed by atoms with Gasteiger partial charge in [-0.3, -0.25) is 14.4 Å². The minimum absolute atomic E-state index is 0.0365. The number of rotatable bonds is 3. The first-order valence-corrected chi connectivity index (χ1v) is 7.12. The van der Waals surface area contributed by atoms with Gasteiger partial charge in [-0.2, -0.15) is 0 Å². The van der Waals surface area contributed by atoms with Crippen molar-refractivity contribution < 1.29 is 19.5 Å². The van der Waals surface area contributed by atoms with Gasteiger partial charge in [0.05, 0.1) is 12.1 Å². The van der Waals surface area contributed by atoms with Crippen LogP contribution in [0.5, 0.6) is 0 Å². The van der Waals surface area contributed by atoms with Crippen LogP contribution >= 0.6 is 0 Å². The fourth-order valence-corrected chi connectivity index (χ4v) is 3.32. The van der Waals surface area contributed by atoms with E-state index in [2.05, 4.69) is 4.98 Å². The Morgan fingerprint density at radius 1 is 1.36 bits per heavy atom. The molecule has 2 aliphatic rings. The number of Topliss-reactive ketones (excluding diaryl/α,β-unsaturated/α-hetero) is 2. The van der Waals surface area contributed by atoms with E-state index < -0.39 is 5.97 Å². The predicted octanol–water partition coefficient (Wildman–Crippen LogP) is 1.06. The second-order valence-corrected chi connectivity index (χ2v) is 5.93. The number of carbonyl (C=O) groups is 3. The van der Waals surface area contributed by atoms with Crippen molar-refractivity contribution in [3.63, 3.8) is 0 Å². The van der Waals surface area contributed by atoms with E-state index in [-0.39, 0.29) is 29.6 Å². The maximum atomic E-state index is 12.6. The zero-order valence-electron chi connectivity index (χ0n) is 12.7. The third-order valence-electron chi connectivity index (χ3n) is 4.27. The minimum Gasteiger partial charge on any atom is -0.481 e. The van der Waals surface area contributed by atoms with E-state index >= 15 is 0 Å². The summed E-state index contributed by atoms with van der Waals surface area (Å²) in [5.74, 6) is -1.07. The van der Waals surface area contributed by atoms with E-state index in [0.717, 1.165) is 0 Å². The Morgan fingerprint density at radius 2 is 2.05 bits per heavy atom. The Labute approximate surface area is 127 Å². The van der Waals surface area contributed by atoms with Gasteiger partial charge in [0.25, 0.3) is 0 Å². The number of carbonyl (C=O) groups excluding carboxylic acids is 2. The summed E-state index contributed by atoms with van der Waals surface area (Å²) in [5.41, 5.74) is 1.23. The molecule has 1 N–H and O–H groups in total. The van der Waals surface area contributed by atoms with Gasteiger partial charge in [0.1, 0.15) is 17.2 Å². The molecule has 1 aliphatic heterocycles. The van der Waals surface area contributed by atoms with Crippen LogP contribution in [0.4, 0.5) is 0 Å². The molecule has 1 aromatic heterocycles. The summed E-state index contributed by atoms with van der Waals surface area (Å²) in [7, 11) is 3.43. The van der Waals surface area contributed by atoms with Gasteiger partial charge in [0.2, 0.25) is 11.6 Å². The third-order valence-corrected chi connectivity index (χ3v) is 4.27. The smallest absolute Gasteiger partial charge is 0.304 e. The zero-order valence-corrected chi connectivity index (χ0v) is 12.7. The average molecular weight is 303 g/mol. The largest absolute Gasteiger partial charge is 0.481 e. The molecule has 0 fully saturated rings. The summed E-state index contributed by atoms with van der Waals surface area (Å²) in [4.78, 5) is 42.1. The van der Waals surface area contributed by atoms with Gasteiger partial charge in [-0.25, -0.2) is 4.98 Å². The van der Waals surface area contributed by atoms with Crippen LogP contribution in [0.2, 0.25) is 0 Å². The molecule has 7 heteroatoms. The standard InChI is InChI=1S/C15H17N3O4/c1-7-11(17(2)3)14(22)10-12(13(7)21)18-5-4-8(6-9(19)20)15(18)16-10/h8H,4-6H2,1-3H3,(H,19,20). The molecule has 0 amide bonds. The van der Waals surface area contributed by atoms with E-state index in [1.807, 2.05) is 0 Å². The molecule has 3 rings (SSSR count). The number of hydrogen-bond donors (Lipinski definition) is 1. The minimum atomic E-state index is -0.902. The molecule has 1 unspecified atom stereocenters. The van der Waals surface area contributed by atoms with Crippen LogP contribution in [0, 0.1) is 0 Å². The Balaban J connectivity index is 2.11. The Morgan fingerprint density at radius 3 is 2.64 bits per heavy atom. The number of aliphatic carboxylic acids is 1. The highest BCUT2D eigenvalue weighted by molar-refractivity contribution is 6.25. The quantitative estimate of drug-likeness (QED) is 0.897. The van der Waals surface area contributed by atoms with E-state index in [1.165, 1.54) is 0 Å². The lowest BCUT2D eigenvalue weighted by atomic mass is 9.94. The van der Waals surface area contributed by atoms with E-state index in [1.54, 1.807) is 30.5 Å². The second kappa shape index (κ2) is 4.79. The number of aromatic nitrogens is 2. The van der Waals surface area contributed by atoms with Crippen LogP contribution in [0.25, 0.3) is 0 Å². The molecule has 0 saturated carbocycles. The van der Waals surface area contributed by atoms with Crippen molar-refractivity contribution in [2.24, 2.45) is 0 Å². The Hall–Kier alpha value is -2.44. The van der Waals surface area contributed by atoms with Gasteiger partial charge in [0.15, 0.2) is 0 Å². The van der Waals surface area contributed by atoms with Gasteiger partial charge in [-0.15, -0.1) is 0 Å². The summed E-state index contributed by atoms with van der Waals surface area (Å²) in [6, 6.07) is 0. The molecule has 0 saturated heterocycles. The third kappa shape index (κ3) is 1.88. The lowest BCUT2D eigenvalue weighted by molar-refractivity contribution is -0.137. The van der Waals surface area contributed by atoms with E-state index in [0.29, 0.717) is 35.8 Å². The first-order chi connectivity index (χ1) is 10.3. The lowest BCUT2D eigenvalue weighted by Crippen LogP contribution is -2.30. The number of allylic oxidation sites excluding steroid dienone is 2. The highest BCUT2D eigenvalue weighted by atomic mass is 16.4. The van der Waals surface area contributed by atoms with Crippen LogP contribution in [0.1, 0.15) is 52.5 Å². The summed E-state index contributed by atoms with van der Waals surface area (Å²) in [6.07, 6.45) is 0.595. The topological polar surface area (TPSA) is 92.5 Å². The Kier molecular flexibility index (Phi) is 3.16. The number of carboxylic acid groups (broad SMARTS) is 1. The highest BCUT2D eigenvalue weighted by Gasteiger charge is 2.40. The maximum absolute atomic E-state index is 12.6. The number of ketones is 2. The van der Waals surface area contributed by atoms with Gasteiger partial charge < -0.3 is 14.6 Å². The van der Waals surface area contributed by atoms with Crippen molar-refractivity contribution in [2.75, 3.05) is 14.1 Å². The first-order valence-electron chi connectivity index (χ1n) is 7.12. The van der Waals surface area contributed by atoms with Crippen molar-refractivity contribution in [1.82, 2.24) is 14.5 Å². The molecular formula is C15H17N3O4.